The van der Waals surface area contributed by atoms with E-state index in [0.717, 1.165) is 73.9 Å². The summed E-state index contributed by atoms with van der Waals surface area (Å²) in [6.45, 7) is 8.50. The van der Waals surface area contributed by atoms with E-state index in [0.29, 0.717) is 5.69 Å². The molecule has 1 aromatic heterocycles. The second kappa shape index (κ2) is 7.78. The van der Waals surface area contributed by atoms with Crippen molar-refractivity contribution in [1.82, 2.24) is 15.2 Å². The average molecular weight is 436 g/mol. The van der Waals surface area contributed by atoms with Crippen molar-refractivity contribution < 1.29 is 14.3 Å². The number of carbonyl (C=O) groups excluding carboxylic acids is 2. The van der Waals surface area contributed by atoms with Gasteiger partial charge in [0, 0.05) is 52.6 Å². The van der Waals surface area contributed by atoms with Gasteiger partial charge in [-0.1, -0.05) is 6.07 Å². The van der Waals surface area contributed by atoms with Gasteiger partial charge in [0.1, 0.15) is 11.4 Å². The molecule has 168 valence electrons. The molecule has 2 aliphatic heterocycles. The zero-order valence-electron chi connectivity index (χ0n) is 18.8. The van der Waals surface area contributed by atoms with Gasteiger partial charge in [0.15, 0.2) is 5.60 Å². The summed E-state index contributed by atoms with van der Waals surface area (Å²) in [7, 11) is 1.61. The zero-order valence-corrected chi connectivity index (χ0v) is 18.8. The molecule has 0 unspecified atom stereocenters. The molecule has 8 heteroatoms. The minimum atomic E-state index is -0.608. The summed E-state index contributed by atoms with van der Waals surface area (Å²) in [5.41, 5.74) is 4.90. The van der Waals surface area contributed by atoms with E-state index in [1.165, 1.54) is 5.56 Å². The van der Waals surface area contributed by atoms with E-state index in [1.54, 1.807) is 13.1 Å². The highest BCUT2D eigenvalue weighted by molar-refractivity contribution is 6.03. The summed E-state index contributed by atoms with van der Waals surface area (Å²) in [6.07, 6.45) is 1.60. The van der Waals surface area contributed by atoms with Gasteiger partial charge in [0.25, 0.3) is 11.8 Å². The lowest BCUT2D eigenvalue weighted by atomic mass is 10.0. The highest BCUT2D eigenvalue weighted by atomic mass is 16.5. The van der Waals surface area contributed by atoms with Gasteiger partial charge in [-0.3, -0.25) is 14.5 Å². The van der Waals surface area contributed by atoms with Gasteiger partial charge in [-0.05, 0) is 43.2 Å². The number of ether oxygens (including phenoxy) is 1. The molecule has 8 nitrogen and oxygen atoms in total. The summed E-state index contributed by atoms with van der Waals surface area (Å²) < 4.78 is 6.01. The minimum Gasteiger partial charge on any atom is -0.475 e. The predicted octanol–water partition coefficient (Wildman–Crippen LogP) is 2.24. The number of rotatable bonds is 4. The summed E-state index contributed by atoms with van der Waals surface area (Å²) >= 11 is 0. The lowest BCUT2D eigenvalue weighted by molar-refractivity contribution is -0.125. The van der Waals surface area contributed by atoms with E-state index in [1.807, 2.05) is 19.1 Å². The third-order valence-electron chi connectivity index (χ3n) is 6.83. The minimum absolute atomic E-state index is 0.00900. The number of piperazine rings is 1. The molecule has 1 spiro atoms. The molecular formula is C24H29N5O3. The predicted molar refractivity (Wildman–Crippen MR) is 122 cm³/mol. The maximum atomic E-state index is 12.4. The van der Waals surface area contributed by atoms with Crippen LogP contribution in [-0.2, 0) is 11.3 Å². The fourth-order valence-corrected chi connectivity index (χ4v) is 4.60. The van der Waals surface area contributed by atoms with Gasteiger partial charge in [0.05, 0.1) is 17.1 Å². The van der Waals surface area contributed by atoms with Crippen LogP contribution in [0, 0.1) is 13.8 Å². The molecule has 5 rings (SSSR count). The number of aryl methyl sites for hydroxylation is 1. The van der Waals surface area contributed by atoms with Crippen LogP contribution in [0.3, 0.4) is 0 Å². The van der Waals surface area contributed by atoms with Crippen LogP contribution in [0.5, 0.6) is 5.75 Å². The molecular weight excluding hydrogens is 406 g/mol. The van der Waals surface area contributed by atoms with Crippen molar-refractivity contribution in [3.8, 4) is 5.75 Å². The van der Waals surface area contributed by atoms with Gasteiger partial charge >= 0.3 is 0 Å². The van der Waals surface area contributed by atoms with Crippen molar-refractivity contribution in [2.24, 2.45) is 0 Å². The van der Waals surface area contributed by atoms with E-state index in [2.05, 4.69) is 38.4 Å². The normalized spacial score (nSPS) is 19.2. The lowest BCUT2D eigenvalue weighted by Crippen LogP contribution is -2.46. The molecule has 1 aliphatic carbocycles. The first kappa shape index (κ1) is 20.8. The van der Waals surface area contributed by atoms with Gasteiger partial charge in [0.2, 0.25) is 0 Å². The number of pyridine rings is 1. The molecule has 1 saturated carbocycles. The quantitative estimate of drug-likeness (QED) is 0.766. The number of fused-ring (bicyclic) bond motifs is 1. The number of carbonyl (C=O) groups is 2. The Morgan fingerprint density at radius 1 is 1.16 bits per heavy atom. The molecule has 1 saturated heterocycles. The Morgan fingerprint density at radius 3 is 2.56 bits per heavy atom. The lowest BCUT2D eigenvalue weighted by Gasteiger charge is -2.37. The van der Waals surface area contributed by atoms with E-state index in [9.17, 15) is 9.59 Å². The first-order chi connectivity index (χ1) is 15.4. The van der Waals surface area contributed by atoms with E-state index >= 15 is 0 Å². The van der Waals surface area contributed by atoms with Crippen molar-refractivity contribution in [1.29, 1.82) is 0 Å². The number of aromatic nitrogens is 1. The Balaban J connectivity index is 1.24. The fraction of sp³-hybridized carbons (Fsp3) is 0.458. The zero-order chi connectivity index (χ0) is 22.5. The van der Waals surface area contributed by atoms with Crippen LogP contribution >= 0.6 is 0 Å². The van der Waals surface area contributed by atoms with Crippen molar-refractivity contribution in [3.63, 3.8) is 0 Å². The topological polar surface area (TPSA) is 86.8 Å². The number of nitrogens with zero attached hydrogens (tertiary/aromatic N) is 3. The molecule has 3 aliphatic rings. The van der Waals surface area contributed by atoms with Crippen molar-refractivity contribution in [3.05, 3.63) is 46.8 Å². The second-order valence-electron chi connectivity index (χ2n) is 8.92. The Bertz CT molecular complexity index is 1090. The van der Waals surface area contributed by atoms with E-state index < -0.39 is 5.60 Å². The Morgan fingerprint density at radius 2 is 1.91 bits per heavy atom. The molecule has 2 fully saturated rings. The molecule has 2 amide bonds. The van der Waals surface area contributed by atoms with Crippen molar-refractivity contribution in [2.45, 2.75) is 38.8 Å². The van der Waals surface area contributed by atoms with Crippen LogP contribution in [0.15, 0.2) is 24.3 Å². The first-order valence-electron chi connectivity index (χ1n) is 11.2. The van der Waals surface area contributed by atoms with E-state index in [4.69, 9.17) is 4.74 Å². The first-order valence-corrected chi connectivity index (χ1v) is 11.2. The maximum Gasteiger partial charge on any atom is 0.269 e. The average Bonchev–Trinajstić information content (AvgIpc) is 3.57. The molecule has 0 atom stereocenters. The van der Waals surface area contributed by atoms with E-state index in [-0.39, 0.29) is 11.8 Å². The molecule has 1 aromatic carbocycles. The Hall–Kier alpha value is -3.13. The smallest absolute Gasteiger partial charge is 0.269 e. The molecule has 32 heavy (non-hydrogen) atoms. The number of amides is 2. The molecule has 0 radical (unpaired) electrons. The molecule has 3 heterocycles. The SMILES string of the molecule is CNC(=O)c1ccc(N2CCN(Cc3ccc4c(c3C)NC(=O)C3(CC3)O4)CC2)c(C)n1. The number of hydrogen-bond donors (Lipinski definition) is 2. The van der Waals surface area contributed by atoms with Gasteiger partial charge in [-0.15, -0.1) is 0 Å². The van der Waals surface area contributed by atoms with Crippen LogP contribution in [0.4, 0.5) is 11.4 Å². The van der Waals surface area contributed by atoms with Crippen molar-refractivity contribution >= 4 is 23.2 Å². The number of hydrogen-bond acceptors (Lipinski definition) is 6. The van der Waals surface area contributed by atoms with Crippen LogP contribution in [-0.4, -0.2) is 60.5 Å². The van der Waals surface area contributed by atoms with Gasteiger partial charge < -0.3 is 20.3 Å². The standard InChI is InChI=1S/C24H29N5O3/c1-15-17(4-7-20-21(15)27-23(31)24(32-20)8-9-24)14-28-10-12-29(13-11-28)19-6-5-18(22(30)25-3)26-16(19)2/h4-7H,8-14H2,1-3H3,(H,25,30)(H,27,31). The Kier molecular flexibility index (Phi) is 5.04. The summed E-state index contributed by atoms with van der Waals surface area (Å²) in [5, 5.41) is 5.70. The monoisotopic (exact) mass is 435 g/mol. The van der Waals surface area contributed by atoms with Crippen LogP contribution in [0.2, 0.25) is 0 Å². The fourth-order valence-electron chi connectivity index (χ4n) is 4.60. The number of nitrogens with one attached hydrogen (secondary N) is 2. The summed E-state index contributed by atoms with van der Waals surface area (Å²) in [4.78, 5) is 33.4. The summed E-state index contributed by atoms with van der Waals surface area (Å²) in [6, 6.07) is 7.90. The van der Waals surface area contributed by atoms with Crippen LogP contribution in [0.25, 0.3) is 0 Å². The highest BCUT2D eigenvalue weighted by Crippen LogP contribution is 2.48. The molecule has 2 N–H and O–H groups in total. The Labute approximate surface area is 187 Å². The third kappa shape index (κ3) is 3.58. The summed E-state index contributed by atoms with van der Waals surface area (Å²) in [5.74, 6) is 0.611. The van der Waals surface area contributed by atoms with Crippen LogP contribution in [0.1, 0.15) is 40.2 Å². The third-order valence-corrected chi connectivity index (χ3v) is 6.83. The van der Waals surface area contributed by atoms with Crippen molar-refractivity contribution in [2.75, 3.05) is 43.4 Å². The maximum absolute atomic E-state index is 12.4. The largest absolute Gasteiger partial charge is 0.475 e. The number of anilines is 2. The van der Waals surface area contributed by atoms with Gasteiger partial charge in [-0.2, -0.15) is 0 Å². The number of benzene rings is 1. The van der Waals surface area contributed by atoms with Crippen LogP contribution < -0.4 is 20.3 Å². The molecule has 2 aromatic rings. The highest BCUT2D eigenvalue weighted by Gasteiger charge is 2.55. The second-order valence-corrected chi connectivity index (χ2v) is 8.92. The molecule has 0 bridgehead atoms. The van der Waals surface area contributed by atoms with Gasteiger partial charge in [-0.25, -0.2) is 4.98 Å².